The van der Waals surface area contributed by atoms with Crippen LogP contribution in [0.2, 0.25) is 0 Å². The molecule has 0 aliphatic carbocycles. The minimum atomic E-state index is -1.20. The number of hydrogen-bond acceptors (Lipinski definition) is 9. The molecular weight excluding hydrogens is 831 g/mol. The third-order valence-electron chi connectivity index (χ3n) is 12.8. The van der Waals surface area contributed by atoms with Crippen LogP contribution in [-0.4, -0.2) is 102 Å². The fraction of sp³-hybridized carbons (Fsp3) is 0.708. The van der Waals surface area contributed by atoms with Gasteiger partial charge < -0.3 is 48.3 Å². The Morgan fingerprint density at radius 2 is 0.831 bits per heavy atom. The predicted octanol–water partition coefficient (Wildman–Crippen LogP) is 2.50. The van der Waals surface area contributed by atoms with E-state index in [0.29, 0.717) is 45.1 Å². The third-order valence-corrected chi connectivity index (χ3v) is 12.8. The van der Waals surface area contributed by atoms with E-state index in [2.05, 4.69) is 42.5 Å². The fourth-order valence-electron chi connectivity index (χ4n) is 7.52. The van der Waals surface area contributed by atoms with Gasteiger partial charge in [-0.05, 0) is 74.3 Å². The van der Waals surface area contributed by atoms with E-state index in [0.717, 1.165) is 5.56 Å². The predicted molar refractivity (Wildman–Crippen MR) is 251 cm³/mol. The third kappa shape index (κ3) is 17.7. The van der Waals surface area contributed by atoms with Gasteiger partial charge in [-0.3, -0.25) is 38.4 Å². The van der Waals surface area contributed by atoms with Crippen molar-refractivity contribution in [2.24, 2.45) is 35.3 Å². The average molecular weight is 912 g/mol. The molecule has 1 aliphatic rings. The van der Waals surface area contributed by atoms with Gasteiger partial charge in [-0.1, -0.05) is 125 Å². The summed E-state index contributed by atoms with van der Waals surface area (Å²) in [4.78, 5) is 113. The van der Waals surface area contributed by atoms with E-state index >= 15 is 0 Å². The van der Waals surface area contributed by atoms with Crippen LogP contribution in [0, 0.1) is 29.6 Å². The number of nitrogens with two attached hydrogens (primary N) is 1. The second-order valence-corrected chi connectivity index (χ2v) is 18.5. The number of carbonyl (C=O) groups is 8. The lowest BCUT2D eigenvalue weighted by Gasteiger charge is -2.32. The van der Waals surface area contributed by atoms with Gasteiger partial charge in [-0.2, -0.15) is 0 Å². The second-order valence-electron chi connectivity index (χ2n) is 18.5. The summed E-state index contributed by atoms with van der Waals surface area (Å²) in [5, 5.41) is 22.6. The van der Waals surface area contributed by atoms with Gasteiger partial charge in [0.15, 0.2) is 0 Å². The van der Waals surface area contributed by atoms with Crippen LogP contribution in [-0.2, 0) is 44.8 Å². The highest BCUT2D eigenvalue weighted by Crippen LogP contribution is 2.17. The highest BCUT2D eigenvalue weighted by Gasteiger charge is 2.38. The molecule has 12 unspecified atom stereocenters. The summed E-state index contributed by atoms with van der Waals surface area (Å²) in [5.41, 5.74) is 6.53. The van der Waals surface area contributed by atoms with Gasteiger partial charge in [0.05, 0.1) is 0 Å². The largest absolute Gasteiger partial charge is 0.343 e. The molecule has 1 saturated heterocycles. The monoisotopic (exact) mass is 912 g/mol. The lowest BCUT2D eigenvalue weighted by Crippen LogP contribution is -2.63. The first-order valence-corrected chi connectivity index (χ1v) is 23.9. The molecule has 1 aliphatic heterocycles. The van der Waals surface area contributed by atoms with Crippen LogP contribution < -0.4 is 48.3 Å². The molecule has 0 saturated carbocycles. The summed E-state index contributed by atoms with van der Waals surface area (Å²) in [6.07, 6.45) is 3.35. The summed E-state index contributed by atoms with van der Waals surface area (Å²) >= 11 is 0. The number of benzene rings is 1. The second kappa shape index (κ2) is 28.1. The van der Waals surface area contributed by atoms with Gasteiger partial charge in [0.2, 0.25) is 47.3 Å². The van der Waals surface area contributed by atoms with Crippen LogP contribution in [0.15, 0.2) is 30.3 Å². The van der Waals surface area contributed by atoms with Crippen LogP contribution in [0.4, 0.5) is 0 Å². The van der Waals surface area contributed by atoms with Gasteiger partial charge in [0.1, 0.15) is 48.3 Å². The maximum absolute atomic E-state index is 14.4. The van der Waals surface area contributed by atoms with Gasteiger partial charge in [-0.25, -0.2) is 0 Å². The molecule has 8 amide bonds. The summed E-state index contributed by atoms with van der Waals surface area (Å²) < 4.78 is 0. The topological polar surface area (TPSA) is 259 Å². The van der Waals surface area contributed by atoms with E-state index in [9.17, 15) is 38.4 Å². The highest BCUT2D eigenvalue weighted by atomic mass is 16.2. The first-order chi connectivity index (χ1) is 30.7. The van der Waals surface area contributed by atoms with Crippen molar-refractivity contribution < 1.29 is 38.4 Å². The summed E-state index contributed by atoms with van der Waals surface area (Å²) in [7, 11) is 0. The first-order valence-electron chi connectivity index (χ1n) is 23.9. The van der Waals surface area contributed by atoms with Gasteiger partial charge >= 0.3 is 0 Å². The van der Waals surface area contributed by atoms with Crippen molar-refractivity contribution in [2.45, 2.75) is 182 Å². The fourth-order valence-corrected chi connectivity index (χ4v) is 7.52. The van der Waals surface area contributed by atoms with Crippen molar-refractivity contribution in [1.29, 1.82) is 0 Å². The van der Waals surface area contributed by atoms with E-state index in [1.165, 1.54) is 6.92 Å². The van der Waals surface area contributed by atoms with Crippen molar-refractivity contribution >= 4 is 47.3 Å². The summed E-state index contributed by atoms with van der Waals surface area (Å²) in [6.45, 7) is 20.2. The van der Waals surface area contributed by atoms with Gasteiger partial charge in [0, 0.05) is 6.42 Å². The molecule has 2 rings (SSSR count). The molecule has 0 radical (unpaired) electrons. The lowest BCUT2D eigenvalue weighted by atomic mass is 9.94. The average Bonchev–Trinajstić information content (AvgIpc) is 3.28. The Morgan fingerprint density at radius 1 is 0.462 bits per heavy atom. The number of nitrogens with one attached hydrogen (secondary N) is 8. The Balaban J connectivity index is 2.81. The molecule has 1 heterocycles. The van der Waals surface area contributed by atoms with Gasteiger partial charge in [0.25, 0.3) is 0 Å². The molecular formula is C48H81N9O8. The zero-order chi connectivity index (χ0) is 49.0. The molecule has 1 aromatic carbocycles. The minimum Gasteiger partial charge on any atom is -0.343 e. The van der Waals surface area contributed by atoms with Crippen molar-refractivity contribution in [3.63, 3.8) is 0 Å². The maximum Gasteiger partial charge on any atom is 0.243 e. The highest BCUT2D eigenvalue weighted by molar-refractivity contribution is 5.99. The number of hydrogen-bond donors (Lipinski definition) is 9. The Kier molecular flexibility index (Phi) is 24.2. The zero-order valence-corrected chi connectivity index (χ0v) is 40.8. The number of unbranched alkanes of at least 4 members (excludes halogenated alkanes) is 1. The Bertz CT molecular complexity index is 1730. The van der Waals surface area contributed by atoms with Crippen LogP contribution in [0.25, 0.3) is 0 Å². The molecule has 10 N–H and O–H groups in total. The SMILES string of the molecule is CCC(C)C1NC(=O)C(C)NC(=O)C(C(C)CC)NC(=O)C(CC(C)C)NC(=O)C(Cc2ccccc2)NC(=O)C(C(C)CC)NC(=O)C(CCCCN)NC(=O)C(C(C)CC)NC1=O. The maximum atomic E-state index is 14.4. The molecule has 1 fully saturated rings. The summed E-state index contributed by atoms with van der Waals surface area (Å²) in [6, 6.07) is -0.0336. The number of amides is 8. The van der Waals surface area contributed by atoms with Crippen LogP contribution in [0.1, 0.15) is 133 Å². The quantitative estimate of drug-likeness (QED) is 0.110. The normalized spacial score (nSPS) is 27.0. The lowest BCUT2D eigenvalue weighted by molar-refractivity contribution is -0.138. The molecule has 0 bridgehead atoms. The van der Waals surface area contributed by atoms with Crippen molar-refractivity contribution in [2.75, 3.05) is 6.54 Å². The minimum absolute atomic E-state index is 0.0475. The van der Waals surface area contributed by atoms with E-state index in [-0.39, 0.29) is 25.2 Å². The molecule has 1 aromatic rings. The molecule has 0 spiro atoms. The molecule has 12 atom stereocenters. The summed E-state index contributed by atoms with van der Waals surface area (Å²) in [5.74, 6) is -6.79. The van der Waals surface area contributed by atoms with Crippen molar-refractivity contribution in [3.05, 3.63) is 35.9 Å². The number of rotatable bonds is 16. The molecule has 65 heavy (non-hydrogen) atoms. The molecule has 17 heteroatoms. The Hall–Kier alpha value is -5.06. The van der Waals surface area contributed by atoms with Crippen molar-refractivity contribution in [3.8, 4) is 0 Å². The van der Waals surface area contributed by atoms with E-state index in [4.69, 9.17) is 5.73 Å². The van der Waals surface area contributed by atoms with Crippen molar-refractivity contribution in [1.82, 2.24) is 42.5 Å². The first kappa shape index (κ1) is 56.1. The van der Waals surface area contributed by atoms with Gasteiger partial charge in [-0.15, -0.1) is 0 Å². The van der Waals surface area contributed by atoms with Crippen LogP contribution in [0.3, 0.4) is 0 Å². The standard InChI is InChI=1S/C48H81N9O8/c1-12-28(7)37-45(62)50-32(11)41(58)54-40(31(10)15-4)48(65)57-39(30(9)14-3)46(63)51-34(23-19-20-24-49)42(59)55-38(29(8)13-2)47(64)53-36(26-33-21-17-16-18-22-33)43(60)52-35(25-27(5)6)44(61)56-37/h16-18,21-22,27-32,34-40H,12-15,19-20,23-26,49H2,1-11H3,(H,50,62)(H,51,63)(H,52,60)(H,53,64)(H,54,58)(H,55,59)(H,56,61)(H,57,65). The van der Waals surface area contributed by atoms with E-state index < -0.39 is 119 Å². The van der Waals surface area contributed by atoms with E-state index in [1.807, 2.05) is 59.7 Å². The van der Waals surface area contributed by atoms with Crippen LogP contribution in [0.5, 0.6) is 0 Å². The Labute approximate surface area is 387 Å². The smallest absolute Gasteiger partial charge is 0.243 e. The van der Waals surface area contributed by atoms with E-state index in [1.54, 1.807) is 39.8 Å². The molecule has 366 valence electrons. The number of carbonyl (C=O) groups excluding carboxylic acids is 8. The molecule has 0 aromatic heterocycles. The molecule has 17 nitrogen and oxygen atoms in total. The Morgan fingerprint density at radius 3 is 1.28 bits per heavy atom. The van der Waals surface area contributed by atoms with Crippen LogP contribution >= 0.6 is 0 Å². The zero-order valence-electron chi connectivity index (χ0n) is 40.8.